The first-order valence-corrected chi connectivity index (χ1v) is 9.77. The maximum Gasteiger partial charge on any atom is 0.335 e. The van der Waals surface area contributed by atoms with Crippen molar-refractivity contribution >= 4 is 34.9 Å². The fourth-order valence-corrected chi connectivity index (χ4v) is 3.60. The topological polar surface area (TPSA) is 116 Å². The molecule has 0 fully saturated rings. The highest BCUT2D eigenvalue weighted by Crippen LogP contribution is 2.33. The SMILES string of the molecule is C.O=C(O)c1ccc(Nc2ncc3c(n2)-c2ccc(Cl)cc2C(c2ccn[nH]2)=NC3)cc1. The fraction of sp³-hybridized carbons (Fsp3) is 0.0870. The summed E-state index contributed by atoms with van der Waals surface area (Å²) in [6.07, 6.45) is 3.42. The van der Waals surface area contributed by atoms with Crippen LogP contribution in [-0.2, 0) is 6.54 Å². The largest absolute Gasteiger partial charge is 0.478 e. The Hall–Kier alpha value is -4.04. The molecule has 3 heterocycles. The Balaban J connectivity index is 0.00000245. The zero-order valence-electron chi connectivity index (χ0n) is 16.0. The molecule has 2 aromatic carbocycles. The van der Waals surface area contributed by atoms with E-state index in [-0.39, 0.29) is 13.0 Å². The molecule has 9 heteroatoms. The molecular formula is C23H19ClN6O2. The number of aromatic nitrogens is 4. The third kappa shape index (κ3) is 3.95. The predicted molar refractivity (Wildman–Crippen MR) is 124 cm³/mol. The Morgan fingerprint density at radius 3 is 2.62 bits per heavy atom. The summed E-state index contributed by atoms with van der Waals surface area (Å²) in [5, 5.41) is 19.8. The summed E-state index contributed by atoms with van der Waals surface area (Å²) < 4.78 is 0. The van der Waals surface area contributed by atoms with Crippen LogP contribution in [0, 0.1) is 0 Å². The summed E-state index contributed by atoms with van der Waals surface area (Å²) in [4.78, 5) is 24.9. The number of hydrogen-bond acceptors (Lipinski definition) is 6. The van der Waals surface area contributed by atoms with Gasteiger partial charge >= 0.3 is 5.97 Å². The lowest BCUT2D eigenvalue weighted by Gasteiger charge is -2.12. The lowest BCUT2D eigenvalue weighted by Crippen LogP contribution is -2.06. The van der Waals surface area contributed by atoms with Crippen molar-refractivity contribution in [2.24, 2.45) is 4.99 Å². The summed E-state index contributed by atoms with van der Waals surface area (Å²) in [6, 6.07) is 13.9. The Morgan fingerprint density at radius 2 is 1.91 bits per heavy atom. The molecule has 0 radical (unpaired) electrons. The van der Waals surface area contributed by atoms with Gasteiger partial charge in [-0.2, -0.15) is 5.10 Å². The molecule has 5 rings (SSSR count). The second kappa shape index (κ2) is 8.60. The molecule has 0 atom stereocenters. The summed E-state index contributed by atoms with van der Waals surface area (Å²) in [5.74, 6) is -0.580. The molecule has 3 N–H and O–H groups in total. The first-order valence-electron chi connectivity index (χ1n) is 9.39. The van der Waals surface area contributed by atoms with Gasteiger partial charge in [-0.25, -0.2) is 14.8 Å². The second-order valence-corrected chi connectivity index (χ2v) is 7.34. The van der Waals surface area contributed by atoms with Crippen molar-refractivity contribution in [3.63, 3.8) is 0 Å². The van der Waals surface area contributed by atoms with Gasteiger partial charge in [0.05, 0.1) is 29.2 Å². The number of carboxylic acids is 1. The molecule has 0 saturated carbocycles. The van der Waals surface area contributed by atoms with Crippen molar-refractivity contribution in [1.29, 1.82) is 0 Å². The average molecular weight is 447 g/mol. The van der Waals surface area contributed by atoms with E-state index >= 15 is 0 Å². The van der Waals surface area contributed by atoms with Gasteiger partial charge in [-0.1, -0.05) is 25.1 Å². The Bertz CT molecular complexity index is 1320. The monoisotopic (exact) mass is 446 g/mol. The summed E-state index contributed by atoms with van der Waals surface area (Å²) in [6.45, 7) is 0.406. The quantitative estimate of drug-likeness (QED) is 0.408. The van der Waals surface area contributed by atoms with Crippen LogP contribution < -0.4 is 5.32 Å². The molecule has 4 aromatic rings. The number of carboxylic acid groups (broad SMARTS) is 1. The van der Waals surface area contributed by atoms with Gasteiger partial charge in [-0.15, -0.1) is 0 Å². The number of aromatic carboxylic acids is 1. The number of hydrogen-bond donors (Lipinski definition) is 3. The highest BCUT2D eigenvalue weighted by Gasteiger charge is 2.22. The molecule has 1 aliphatic heterocycles. The summed E-state index contributed by atoms with van der Waals surface area (Å²) in [7, 11) is 0. The van der Waals surface area contributed by atoms with E-state index in [1.807, 2.05) is 24.3 Å². The lowest BCUT2D eigenvalue weighted by atomic mass is 9.98. The summed E-state index contributed by atoms with van der Waals surface area (Å²) in [5.41, 5.74) is 5.82. The van der Waals surface area contributed by atoms with Gasteiger partial charge in [0, 0.05) is 39.8 Å². The van der Waals surface area contributed by atoms with Crippen LogP contribution in [0.4, 0.5) is 11.6 Å². The maximum atomic E-state index is 11.0. The highest BCUT2D eigenvalue weighted by atomic mass is 35.5. The molecule has 1 aliphatic rings. The molecule has 160 valence electrons. The van der Waals surface area contributed by atoms with Crippen LogP contribution in [0.2, 0.25) is 5.02 Å². The zero-order valence-corrected chi connectivity index (χ0v) is 16.8. The first-order chi connectivity index (χ1) is 15.1. The van der Waals surface area contributed by atoms with Crippen LogP contribution in [0.25, 0.3) is 11.3 Å². The van der Waals surface area contributed by atoms with Gasteiger partial charge in [-0.05, 0) is 42.5 Å². The van der Waals surface area contributed by atoms with Crippen LogP contribution in [0.1, 0.15) is 34.6 Å². The molecule has 0 unspecified atom stereocenters. The Morgan fingerprint density at radius 1 is 1.09 bits per heavy atom. The molecule has 32 heavy (non-hydrogen) atoms. The van der Waals surface area contributed by atoms with Crippen LogP contribution in [0.15, 0.2) is 65.9 Å². The minimum absolute atomic E-state index is 0. The highest BCUT2D eigenvalue weighted by molar-refractivity contribution is 6.31. The average Bonchev–Trinajstić information content (AvgIpc) is 3.25. The van der Waals surface area contributed by atoms with Gasteiger partial charge < -0.3 is 10.4 Å². The minimum atomic E-state index is -0.976. The molecule has 0 aliphatic carbocycles. The van der Waals surface area contributed by atoms with Crippen LogP contribution in [0.5, 0.6) is 0 Å². The van der Waals surface area contributed by atoms with Gasteiger partial charge in [0.1, 0.15) is 0 Å². The van der Waals surface area contributed by atoms with Crippen LogP contribution in [0.3, 0.4) is 0 Å². The number of anilines is 2. The van der Waals surface area contributed by atoms with E-state index < -0.39 is 5.97 Å². The molecule has 2 aromatic heterocycles. The van der Waals surface area contributed by atoms with Crippen molar-refractivity contribution in [2.45, 2.75) is 14.0 Å². The Kier molecular flexibility index (Phi) is 5.70. The van der Waals surface area contributed by atoms with E-state index in [9.17, 15) is 4.79 Å². The van der Waals surface area contributed by atoms with E-state index in [1.54, 1.807) is 24.5 Å². The molecule has 0 bridgehead atoms. The molecule has 8 nitrogen and oxygen atoms in total. The van der Waals surface area contributed by atoms with Crippen molar-refractivity contribution in [2.75, 3.05) is 5.32 Å². The molecule has 0 amide bonds. The number of rotatable bonds is 4. The number of nitrogens with zero attached hydrogens (tertiary/aromatic N) is 4. The Labute approximate surface area is 189 Å². The van der Waals surface area contributed by atoms with Gasteiger partial charge in [0.15, 0.2) is 0 Å². The second-order valence-electron chi connectivity index (χ2n) is 6.90. The normalized spacial score (nSPS) is 12.0. The molecular weight excluding hydrogens is 428 g/mol. The van der Waals surface area contributed by atoms with E-state index in [2.05, 4.69) is 20.5 Å². The van der Waals surface area contributed by atoms with Gasteiger partial charge in [0.25, 0.3) is 0 Å². The third-order valence-electron chi connectivity index (χ3n) is 4.91. The molecule has 0 saturated heterocycles. The fourth-order valence-electron chi connectivity index (χ4n) is 3.43. The number of benzene rings is 2. The van der Waals surface area contributed by atoms with Crippen LogP contribution in [-0.4, -0.2) is 37.0 Å². The van der Waals surface area contributed by atoms with E-state index in [0.717, 1.165) is 33.8 Å². The van der Waals surface area contributed by atoms with E-state index in [4.69, 9.17) is 26.7 Å². The number of H-pyrrole nitrogens is 1. The summed E-state index contributed by atoms with van der Waals surface area (Å²) >= 11 is 6.29. The third-order valence-corrected chi connectivity index (χ3v) is 5.14. The lowest BCUT2D eigenvalue weighted by molar-refractivity contribution is 0.0697. The number of halogens is 1. The smallest absolute Gasteiger partial charge is 0.335 e. The number of nitrogens with one attached hydrogen (secondary N) is 2. The number of aromatic amines is 1. The number of carbonyl (C=O) groups is 1. The van der Waals surface area contributed by atoms with Crippen molar-refractivity contribution in [1.82, 2.24) is 20.2 Å². The van der Waals surface area contributed by atoms with E-state index in [1.165, 1.54) is 12.1 Å². The van der Waals surface area contributed by atoms with Crippen molar-refractivity contribution in [3.05, 3.63) is 88.3 Å². The van der Waals surface area contributed by atoms with Gasteiger partial charge in [0.2, 0.25) is 5.95 Å². The standard InChI is InChI=1S/C22H15ClN6O2.CH4/c23-14-3-6-16-17(9-14)20(18-7-8-26-29-18)24-10-13-11-25-22(28-19(13)16)27-15-4-1-12(2-5-15)21(30)31;/h1-9,11H,10H2,(H,26,29)(H,30,31)(H,25,27,28);1H4. The predicted octanol–water partition coefficient (Wildman–Crippen LogP) is 4.95. The zero-order chi connectivity index (χ0) is 21.4. The number of aliphatic imine (C=N–C) groups is 1. The maximum absolute atomic E-state index is 11.0. The minimum Gasteiger partial charge on any atom is -0.478 e. The van der Waals surface area contributed by atoms with Gasteiger partial charge in [-0.3, -0.25) is 10.1 Å². The van der Waals surface area contributed by atoms with Crippen LogP contribution >= 0.6 is 11.6 Å². The molecule has 0 spiro atoms. The van der Waals surface area contributed by atoms with E-state index in [0.29, 0.717) is 23.2 Å². The van der Waals surface area contributed by atoms with Crippen molar-refractivity contribution in [3.8, 4) is 11.3 Å². The number of fused-ring (bicyclic) bond motifs is 3. The first kappa shape index (κ1) is 21.2. The van der Waals surface area contributed by atoms with Crippen molar-refractivity contribution < 1.29 is 9.90 Å².